The molecule has 6 nitrogen and oxygen atoms in total. The van der Waals surface area contributed by atoms with Crippen LogP contribution in [0.25, 0.3) is 16.9 Å². The van der Waals surface area contributed by atoms with Crippen LogP contribution in [0, 0.1) is 0 Å². The number of nitrogens with one attached hydrogen (secondary N) is 1. The molecule has 2 aromatic heterocycles. The zero-order valence-electron chi connectivity index (χ0n) is 19.2. The van der Waals surface area contributed by atoms with Crippen molar-refractivity contribution in [2.45, 2.75) is 37.6 Å². The number of fused-ring (bicyclic) bond motifs is 2. The first kappa shape index (κ1) is 20.7. The minimum absolute atomic E-state index is 0.224. The van der Waals surface area contributed by atoms with E-state index in [0.29, 0.717) is 17.8 Å². The van der Waals surface area contributed by atoms with Crippen LogP contribution in [0.5, 0.6) is 5.75 Å². The molecule has 1 N–H and O–H groups in total. The molecule has 34 heavy (non-hydrogen) atoms. The van der Waals surface area contributed by atoms with Crippen LogP contribution >= 0.6 is 0 Å². The number of benzene rings is 2. The molecule has 4 aromatic rings. The van der Waals surface area contributed by atoms with Crippen LogP contribution in [0.4, 0.5) is 0 Å². The number of rotatable bonds is 7. The van der Waals surface area contributed by atoms with Crippen LogP contribution in [-0.2, 0) is 18.4 Å². The highest BCUT2D eigenvalue weighted by Crippen LogP contribution is 2.51. The van der Waals surface area contributed by atoms with E-state index in [2.05, 4.69) is 30.1 Å². The van der Waals surface area contributed by atoms with Gasteiger partial charge in [-0.25, -0.2) is 9.50 Å². The second kappa shape index (κ2) is 7.83. The molecule has 2 aliphatic rings. The highest BCUT2D eigenvalue weighted by molar-refractivity contribution is 6.00. The molecule has 6 rings (SSSR count). The third kappa shape index (κ3) is 3.29. The summed E-state index contributed by atoms with van der Waals surface area (Å²) in [5.74, 6) is 1.67. The average Bonchev–Trinajstić information content (AvgIpc) is 3.43. The lowest BCUT2D eigenvalue weighted by Crippen LogP contribution is -2.24. The summed E-state index contributed by atoms with van der Waals surface area (Å²) in [5.41, 5.74) is 6.46. The first-order valence-electron chi connectivity index (χ1n) is 11.7. The lowest BCUT2D eigenvalue weighted by Gasteiger charge is -2.17. The van der Waals surface area contributed by atoms with Crippen LogP contribution in [0.1, 0.15) is 46.6 Å². The molecule has 170 valence electrons. The SMILES string of the molecule is C=C(NCc1ccccc1)C1(c2nc3c(OC)ccc(-c4ccc5c(c4)CCC5=O)n3n2)CC1. The van der Waals surface area contributed by atoms with Gasteiger partial charge in [-0.2, -0.15) is 0 Å². The number of carbonyl (C=O) groups excluding carboxylic acids is 1. The van der Waals surface area contributed by atoms with Gasteiger partial charge in [-0.05, 0) is 48.6 Å². The Kier molecular flexibility index (Phi) is 4.76. The Morgan fingerprint density at radius 3 is 2.71 bits per heavy atom. The van der Waals surface area contributed by atoms with Crippen LogP contribution in [0.15, 0.2) is 72.9 Å². The van der Waals surface area contributed by atoms with Gasteiger partial charge in [0, 0.05) is 29.8 Å². The number of methoxy groups -OCH3 is 1. The Hall–Kier alpha value is -3.93. The fourth-order valence-electron chi connectivity index (χ4n) is 4.89. The smallest absolute Gasteiger partial charge is 0.198 e. The van der Waals surface area contributed by atoms with E-state index in [1.54, 1.807) is 7.11 Å². The number of Topliss-reactive ketones (excluding diaryl/α,β-unsaturated/α-hetero) is 1. The van der Waals surface area contributed by atoms with Crippen molar-refractivity contribution in [1.29, 1.82) is 0 Å². The van der Waals surface area contributed by atoms with E-state index in [1.807, 2.05) is 47.0 Å². The summed E-state index contributed by atoms with van der Waals surface area (Å²) in [6.45, 7) is 5.08. The predicted molar refractivity (Wildman–Crippen MR) is 131 cm³/mol. The molecule has 1 fully saturated rings. The normalized spacial score (nSPS) is 15.9. The van der Waals surface area contributed by atoms with Crippen molar-refractivity contribution < 1.29 is 9.53 Å². The Morgan fingerprint density at radius 1 is 1.12 bits per heavy atom. The Balaban J connectivity index is 1.37. The maximum Gasteiger partial charge on any atom is 0.198 e. The number of aryl methyl sites for hydroxylation is 1. The van der Waals surface area contributed by atoms with Gasteiger partial charge in [-0.3, -0.25) is 4.79 Å². The van der Waals surface area contributed by atoms with Crippen molar-refractivity contribution in [2.24, 2.45) is 0 Å². The summed E-state index contributed by atoms with van der Waals surface area (Å²) in [5, 5.41) is 8.48. The van der Waals surface area contributed by atoms with E-state index in [-0.39, 0.29) is 11.2 Å². The standard InChI is InChI=1S/C28H26N4O2/c1-18(29-17-19-6-4-3-5-7-19)28(14-15-28)27-30-26-25(34-2)13-11-23(32(26)31-27)21-8-10-22-20(16-21)9-12-24(22)33/h3-8,10-11,13,16,29H,1,9,12,14-15,17H2,2H3. The molecule has 0 spiro atoms. The van der Waals surface area contributed by atoms with E-state index in [4.69, 9.17) is 14.8 Å². The van der Waals surface area contributed by atoms with Crippen molar-refractivity contribution in [2.75, 3.05) is 7.11 Å². The first-order chi connectivity index (χ1) is 16.6. The summed E-state index contributed by atoms with van der Waals surface area (Å²) >= 11 is 0. The highest BCUT2D eigenvalue weighted by Gasteiger charge is 2.50. The van der Waals surface area contributed by atoms with Crippen molar-refractivity contribution >= 4 is 11.4 Å². The largest absolute Gasteiger partial charge is 0.493 e. The van der Waals surface area contributed by atoms with Gasteiger partial charge < -0.3 is 10.1 Å². The molecule has 6 heteroatoms. The molecule has 2 heterocycles. The van der Waals surface area contributed by atoms with E-state index in [1.165, 1.54) is 5.56 Å². The maximum atomic E-state index is 12.1. The van der Waals surface area contributed by atoms with E-state index in [0.717, 1.165) is 59.7 Å². The number of pyridine rings is 1. The summed E-state index contributed by atoms with van der Waals surface area (Å²) in [4.78, 5) is 17.0. The number of ketones is 1. The van der Waals surface area contributed by atoms with Crippen LogP contribution in [0.3, 0.4) is 0 Å². The van der Waals surface area contributed by atoms with Crippen molar-refractivity contribution in [3.63, 3.8) is 0 Å². The van der Waals surface area contributed by atoms with Gasteiger partial charge in [0.25, 0.3) is 0 Å². The summed E-state index contributed by atoms with van der Waals surface area (Å²) in [6, 6.07) is 20.3. The Morgan fingerprint density at radius 2 is 1.94 bits per heavy atom. The second-order valence-electron chi connectivity index (χ2n) is 9.15. The Bertz CT molecular complexity index is 1430. The van der Waals surface area contributed by atoms with Crippen LogP contribution < -0.4 is 10.1 Å². The molecule has 0 bridgehead atoms. The fraction of sp³-hybridized carbons (Fsp3) is 0.250. The monoisotopic (exact) mass is 450 g/mol. The molecule has 0 atom stereocenters. The van der Waals surface area contributed by atoms with Crippen LogP contribution in [0.2, 0.25) is 0 Å². The maximum absolute atomic E-state index is 12.1. The molecule has 0 unspecified atom stereocenters. The van der Waals surface area contributed by atoms with Gasteiger partial charge in [0.05, 0.1) is 18.2 Å². The van der Waals surface area contributed by atoms with Gasteiger partial charge in [-0.1, -0.05) is 49.0 Å². The van der Waals surface area contributed by atoms with E-state index >= 15 is 0 Å². The van der Waals surface area contributed by atoms with Gasteiger partial charge in [0.1, 0.15) is 0 Å². The van der Waals surface area contributed by atoms with Gasteiger partial charge in [0.2, 0.25) is 0 Å². The minimum atomic E-state index is -0.270. The number of allylic oxidation sites excluding steroid dienone is 1. The van der Waals surface area contributed by atoms with Crippen molar-refractivity contribution in [3.05, 3.63) is 95.5 Å². The van der Waals surface area contributed by atoms with Crippen LogP contribution in [-0.4, -0.2) is 27.5 Å². The fourth-order valence-corrected chi connectivity index (χ4v) is 4.89. The molecule has 1 saturated carbocycles. The molecule has 2 aliphatic carbocycles. The lowest BCUT2D eigenvalue weighted by molar-refractivity contribution is 0.0994. The Labute approximate surface area is 198 Å². The van der Waals surface area contributed by atoms with Gasteiger partial charge in [0.15, 0.2) is 23.0 Å². The summed E-state index contributed by atoms with van der Waals surface area (Å²) in [6.07, 6.45) is 3.30. The zero-order valence-corrected chi connectivity index (χ0v) is 19.2. The number of ether oxygens (including phenoxy) is 1. The zero-order chi connectivity index (χ0) is 23.3. The number of hydrogen-bond acceptors (Lipinski definition) is 5. The molecule has 0 radical (unpaired) electrons. The molecule has 0 amide bonds. The van der Waals surface area contributed by atoms with E-state index < -0.39 is 0 Å². The molecular formula is C28H26N4O2. The highest BCUT2D eigenvalue weighted by atomic mass is 16.5. The van der Waals surface area contributed by atoms with Crippen molar-refractivity contribution in [3.8, 4) is 17.0 Å². The minimum Gasteiger partial charge on any atom is -0.493 e. The van der Waals surface area contributed by atoms with E-state index in [9.17, 15) is 4.79 Å². The predicted octanol–water partition coefficient (Wildman–Crippen LogP) is 4.87. The molecule has 0 saturated heterocycles. The first-order valence-corrected chi connectivity index (χ1v) is 11.7. The molecule has 0 aliphatic heterocycles. The molecule has 2 aromatic carbocycles. The number of aromatic nitrogens is 3. The number of carbonyl (C=O) groups is 1. The van der Waals surface area contributed by atoms with Crippen molar-refractivity contribution in [1.82, 2.24) is 19.9 Å². The third-order valence-corrected chi connectivity index (χ3v) is 7.10. The summed E-state index contributed by atoms with van der Waals surface area (Å²) in [7, 11) is 1.65. The summed E-state index contributed by atoms with van der Waals surface area (Å²) < 4.78 is 7.48. The van der Waals surface area contributed by atoms with Gasteiger partial charge >= 0.3 is 0 Å². The average molecular weight is 451 g/mol. The number of nitrogens with zero attached hydrogens (tertiary/aromatic N) is 3. The molecular weight excluding hydrogens is 424 g/mol. The number of hydrogen-bond donors (Lipinski definition) is 1. The van der Waals surface area contributed by atoms with Gasteiger partial charge in [-0.15, -0.1) is 5.10 Å². The lowest BCUT2D eigenvalue weighted by atomic mass is 10.0. The topological polar surface area (TPSA) is 68.5 Å². The third-order valence-electron chi connectivity index (χ3n) is 7.10. The quantitative estimate of drug-likeness (QED) is 0.435. The second-order valence-corrected chi connectivity index (χ2v) is 9.15.